The van der Waals surface area contributed by atoms with E-state index in [9.17, 15) is 8.42 Å². The largest absolute Gasteiger partial charge is 0.307 e. The van der Waals surface area contributed by atoms with Crippen molar-refractivity contribution in [2.24, 2.45) is 5.14 Å². The third kappa shape index (κ3) is 4.02. The molecule has 0 saturated carbocycles. The fraction of sp³-hybridized carbons (Fsp3) is 0.571. The predicted octanol–water partition coefficient (Wildman–Crippen LogP) is 1.08. The second-order valence-corrected chi connectivity index (χ2v) is 7.14. The summed E-state index contributed by atoms with van der Waals surface area (Å²) >= 11 is 0. The lowest BCUT2D eigenvalue weighted by Gasteiger charge is -2.31. The molecule has 0 spiro atoms. The van der Waals surface area contributed by atoms with Crippen molar-refractivity contribution in [2.45, 2.75) is 36.7 Å². The van der Waals surface area contributed by atoms with Gasteiger partial charge in [-0.3, -0.25) is 0 Å². The first kappa shape index (κ1) is 15.4. The number of hydrogen-bond acceptors (Lipinski definition) is 4. The number of benzene rings is 1. The molecule has 1 atom stereocenters. The standard InChI is InChI=1S/C14H23N3O2S/c1-11(16-13-7-9-17(2)10-8-13)12-3-5-14(6-4-12)20(15,18)19/h3-6,11,13,16H,7-10H2,1-2H3,(H2,15,18,19). The summed E-state index contributed by atoms with van der Waals surface area (Å²) in [5.74, 6) is 0. The van der Waals surface area contributed by atoms with Crippen molar-refractivity contribution in [1.29, 1.82) is 0 Å². The van der Waals surface area contributed by atoms with Crippen LogP contribution in [0.15, 0.2) is 29.2 Å². The van der Waals surface area contributed by atoms with E-state index >= 15 is 0 Å². The Morgan fingerprint density at radius 3 is 2.30 bits per heavy atom. The minimum Gasteiger partial charge on any atom is -0.307 e. The lowest BCUT2D eigenvalue weighted by molar-refractivity contribution is 0.226. The number of sulfonamides is 1. The van der Waals surface area contributed by atoms with Crippen LogP contribution in [0.5, 0.6) is 0 Å². The van der Waals surface area contributed by atoms with E-state index in [0.29, 0.717) is 6.04 Å². The van der Waals surface area contributed by atoms with E-state index in [1.54, 1.807) is 12.1 Å². The van der Waals surface area contributed by atoms with Gasteiger partial charge in [0.1, 0.15) is 0 Å². The Morgan fingerprint density at radius 1 is 1.25 bits per heavy atom. The third-order valence-corrected chi connectivity index (χ3v) is 4.84. The molecule has 0 aromatic heterocycles. The maximum Gasteiger partial charge on any atom is 0.238 e. The van der Waals surface area contributed by atoms with E-state index < -0.39 is 10.0 Å². The number of piperidine rings is 1. The highest BCUT2D eigenvalue weighted by Crippen LogP contribution is 2.18. The highest BCUT2D eigenvalue weighted by molar-refractivity contribution is 7.89. The van der Waals surface area contributed by atoms with Gasteiger partial charge in [-0.25, -0.2) is 13.6 Å². The Bertz CT molecular complexity index is 534. The van der Waals surface area contributed by atoms with Gasteiger partial charge in [0.25, 0.3) is 0 Å². The van der Waals surface area contributed by atoms with Crippen molar-refractivity contribution in [3.05, 3.63) is 29.8 Å². The molecule has 1 saturated heterocycles. The number of rotatable bonds is 4. The average Bonchev–Trinajstić information content (AvgIpc) is 2.40. The highest BCUT2D eigenvalue weighted by atomic mass is 32.2. The van der Waals surface area contributed by atoms with Crippen molar-refractivity contribution in [3.8, 4) is 0 Å². The zero-order chi connectivity index (χ0) is 14.8. The molecular weight excluding hydrogens is 274 g/mol. The number of likely N-dealkylation sites (tertiary alicyclic amines) is 1. The summed E-state index contributed by atoms with van der Waals surface area (Å²) in [5, 5.41) is 8.70. The van der Waals surface area contributed by atoms with Gasteiger partial charge in [0, 0.05) is 12.1 Å². The molecule has 0 aliphatic carbocycles. The van der Waals surface area contributed by atoms with E-state index in [2.05, 4.69) is 24.2 Å². The Balaban J connectivity index is 1.97. The Kier molecular flexibility index (Phi) is 4.80. The summed E-state index contributed by atoms with van der Waals surface area (Å²) in [6.07, 6.45) is 2.30. The number of nitrogens with zero attached hydrogens (tertiary/aromatic N) is 1. The minimum absolute atomic E-state index is 0.160. The monoisotopic (exact) mass is 297 g/mol. The van der Waals surface area contributed by atoms with Gasteiger partial charge in [0.2, 0.25) is 10.0 Å². The first-order chi connectivity index (χ1) is 9.36. The molecule has 1 aliphatic heterocycles. The van der Waals surface area contributed by atoms with Gasteiger partial charge >= 0.3 is 0 Å². The number of primary sulfonamides is 1. The number of nitrogens with one attached hydrogen (secondary N) is 1. The molecule has 3 N–H and O–H groups in total. The van der Waals surface area contributed by atoms with Crippen LogP contribution in [-0.4, -0.2) is 39.5 Å². The average molecular weight is 297 g/mol. The van der Waals surface area contributed by atoms with Crippen molar-refractivity contribution < 1.29 is 8.42 Å². The smallest absolute Gasteiger partial charge is 0.238 e. The molecule has 112 valence electrons. The first-order valence-electron chi connectivity index (χ1n) is 6.93. The molecule has 1 aromatic rings. The molecule has 20 heavy (non-hydrogen) atoms. The van der Waals surface area contributed by atoms with Crippen molar-refractivity contribution >= 4 is 10.0 Å². The zero-order valence-corrected chi connectivity index (χ0v) is 12.9. The molecule has 1 fully saturated rings. The summed E-state index contributed by atoms with van der Waals surface area (Å²) in [7, 11) is -1.46. The Morgan fingerprint density at radius 2 is 1.80 bits per heavy atom. The van der Waals surface area contributed by atoms with Gasteiger partial charge in [-0.2, -0.15) is 0 Å². The minimum atomic E-state index is -3.60. The predicted molar refractivity (Wildman–Crippen MR) is 79.9 cm³/mol. The zero-order valence-electron chi connectivity index (χ0n) is 12.0. The molecule has 1 aliphatic rings. The summed E-state index contributed by atoms with van der Waals surface area (Å²) in [6, 6.07) is 7.52. The molecule has 1 unspecified atom stereocenters. The fourth-order valence-electron chi connectivity index (χ4n) is 2.57. The third-order valence-electron chi connectivity index (χ3n) is 3.91. The van der Waals surface area contributed by atoms with Crippen LogP contribution in [0.25, 0.3) is 0 Å². The van der Waals surface area contributed by atoms with Crippen LogP contribution in [0.3, 0.4) is 0 Å². The molecule has 5 nitrogen and oxygen atoms in total. The molecule has 0 bridgehead atoms. The summed E-state index contributed by atoms with van der Waals surface area (Å²) in [6.45, 7) is 4.34. The van der Waals surface area contributed by atoms with Crippen LogP contribution in [0.4, 0.5) is 0 Å². The molecule has 0 radical (unpaired) electrons. The SMILES string of the molecule is CC(NC1CCN(C)CC1)c1ccc(S(N)(=O)=O)cc1. The second-order valence-electron chi connectivity index (χ2n) is 5.58. The van der Waals surface area contributed by atoms with Crippen LogP contribution in [0, 0.1) is 0 Å². The molecule has 0 amide bonds. The van der Waals surface area contributed by atoms with Gasteiger partial charge in [-0.05, 0) is 57.6 Å². The topological polar surface area (TPSA) is 75.4 Å². The van der Waals surface area contributed by atoms with E-state index in [0.717, 1.165) is 31.5 Å². The van der Waals surface area contributed by atoms with Crippen LogP contribution in [-0.2, 0) is 10.0 Å². The Hall–Kier alpha value is -0.950. The lowest BCUT2D eigenvalue weighted by atomic mass is 10.0. The van der Waals surface area contributed by atoms with Gasteiger partial charge in [-0.1, -0.05) is 12.1 Å². The molecule has 2 rings (SSSR count). The van der Waals surface area contributed by atoms with Crippen molar-refractivity contribution in [1.82, 2.24) is 10.2 Å². The highest BCUT2D eigenvalue weighted by Gasteiger charge is 2.19. The lowest BCUT2D eigenvalue weighted by Crippen LogP contribution is -2.41. The maximum absolute atomic E-state index is 11.2. The first-order valence-corrected chi connectivity index (χ1v) is 8.48. The summed E-state index contributed by atoms with van der Waals surface area (Å²) < 4.78 is 22.4. The maximum atomic E-state index is 11.2. The van der Waals surface area contributed by atoms with Gasteiger partial charge in [0.15, 0.2) is 0 Å². The normalized spacial score (nSPS) is 19.9. The Labute approximate surface area is 121 Å². The summed E-state index contributed by atoms with van der Waals surface area (Å²) in [4.78, 5) is 2.50. The van der Waals surface area contributed by atoms with E-state index in [1.807, 2.05) is 12.1 Å². The molecule has 1 heterocycles. The van der Waals surface area contributed by atoms with Gasteiger partial charge in [-0.15, -0.1) is 0 Å². The molecule has 1 aromatic carbocycles. The van der Waals surface area contributed by atoms with Crippen LogP contribution in [0.1, 0.15) is 31.4 Å². The van der Waals surface area contributed by atoms with E-state index in [1.165, 1.54) is 0 Å². The van der Waals surface area contributed by atoms with E-state index in [4.69, 9.17) is 5.14 Å². The van der Waals surface area contributed by atoms with E-state index in [-0.39, 0.29) is 10.9 Å². The van der Waals surface area contributed by atoms with Crippen LogP contribution < -0.4 is 10.5 Å². The van der Waals surface area contributed by atoms with Crippen LogP contribution >= 0.6 is 0 Å². The number of hydrogen-bond donors (Lipinski definition) is 2. The van der Waals surface area contributed by atoms with Crippen molar-refractivity contribution in [3.63, 3.8) is 0 Å². The molecule has 6 heteroatoms. The second kappa shape index (κ2) is 6.22. The number of nitrogens with two attached hydrogens (primary N) is 1. The van der Waals surface area contributed by atoms with Crippen molar-refractivity contribution in [2.75, 3.05) is 20.1 Å². The molecular formula is C14H23N3O2S. The van der Waals surface area contributed by atoms with Gasteiger partial charge < -0.3 is 10.2 Å². The van der Waals surface area contributed by atoms with Gasteiger partial charge in [0.05, 0.1) is 4.90 Å². The fourth-order valence-corrected chi connectivity index (χ4v) is 3.09. The quantitative estimate of drug-likeness (QED) is 0.872. The summed E-state index contributed by atoms with van der Waals surface area (Å²) in [5.41, 5.74) is 1.08. The van der Waals surface area contributed by atoms with Crippen LogP contribution in [0.2, 0.25) is 0 Å².